The van der Waals surface area contributed by atoms with Crippen molar-refractivity contribution >= 4 is 5.91 Å². The van der Waals surface area contributed by atoms with Gasteiger partial charge < -0.3 is 14.8 Å². The molecule has 0 saturated heterocycles. The Kier molecular flexibility index (Phi) is 6.05. The van der Waals surface area contributed by atoms with Gasteiger partial charge in [0, 0.05) is 19.0 Å². The Morgan fingerprint density at radius 3 is 2.28 bits per heavy atom. The molecule has 100 valence electrons. The first-order chi connectivity index (χ1) is 8.69. The molecule has 1 amide bonds. The lowest BCUT2D eigenvalue weighted by atomic mass is 10.1. The molecule has 0 aliphatic carbocycles. The van der Waals surface area contributed by atoms with Crippen LogP contribution in [0.5, 0.6) is 11.5 Å². The van der Waals surface area contributed by atoms with Crippen LogP contribution in [-0.2, 0) is 11.2 Å². The minimum atomic E-state index is 0.0821. The molecule has 0 atom stereocenters. The topological polar surface area (TPSA) is 47.6 Å². The number of benzene rings is 1. The van der Waals surface area contributed by atoms with Gasteiger partial charge in [-0.3, -0.25) is 4.79 Å². The lowest BCUT2D eigenvalue weighted by Crippen LogP contribution is -2.24. The average Bonchev–Trinajstić information content (AvgIpc) is 2.42. The van der Waals surface area contributed by atoms with Gasteiger partial charge in [-0.15, -0.1) is 0 Å². The van der Waals surface area contributed by atoms with Crippen LogP contribution in [-0.4, -0.2) is 26.7 Å². The summed E-state index contributed by atoms with van der Waals surface area (Å²) >= 11 is 0. The van der Waals surface area contributed by atoms with Crippen molar-refractivity contribution in [1.29, 1.82) is 0 Å². The third-order valence-corrected chi connectivity index (χ3v) is 2.62. The lowest BCUT2D eigenvalue weighted by Gasteiger charge is -2.08. The van der Waals surface area contributed by atoms with Crippen LogP contribution in [0.1, 0.15) is 25.3 Å². The number of hydrogen-bond acceptors (Lipinski definition) is 3. The van der Waals surface area contributed by atoms with E-state index in [0.717, 1.165) is 30.0 Å². The fraction of sp³-hybridized carbons (Fsp3) is 0.500. The number of amides is 1. The highest BCUT2D eigenvalue weighted by Gasteiger charge is 2.05. The number of carbonyl (C=O) groups is 1. The molecule has 1 aromatic rings. The highest BCUT2D eigenvalue weighted by Crippen LogP contribution is 2.23. The van der Waals surface area contributed by atoms with Crippen LogP contribution in [0, 0.1) is 0 Å². The molecule has 1 aromatic carbocycles. The zero-order valence-corrected chi connectivity index (χ0v) is 11.3. The average molecular weight is 251 g/mol. The molecule has 0 radical (unpaired) electrons. The van der Waals surface area contributed by atoms with E-state index in [-0.39, 0.29) is 5.91 Å². The van der Waals surface area contributed by atoms with E-state index in [1.807, 2.05) is 25.1 Å². The second kappa shape index (κ2) is 7.58. The molecule has 0 saturated carbocycles. The van der Waals surface area contributed by atoms with Crippen LogP contribution in [0.2, 0.25) is 0 Å². The maximum absolute atomic E-state index is 11.5. The number of carbonyl (C=O) groups excluding carboxylic acids is 1. The standard InChI is InChI=1S/C14H21NO3/c1-4-7-15-14(16)6-5-11-8-12(17-2)10-13(9-11)18-3/h8-10H,4-7H2,1-3H3,(H,15,16). The highest BCUT2D eigenvalue weighted by molar-refractivity contribution is 5.76. The summed E-state index contributed by atoms with van der Waals surface area (Å²) in [5, 5.41) is 2.86. The van der Waals surface area contributed by atoms with Crippen LogP contribution in [0.25, 0.3) is 0 Å². The third kappa shape index (κ3) is 4.65. The van der Waals surface area contributed by atoms with E-state index in [4.69, 9.17) is 9.47 Å². The maximum Gasteiger partial charge on any atom is 0.220 e. The monoisotopic (exact) mass is 251 g/mol. The molecule has 0 spiro atoms. The third-order valence-electron chi connectivity index (χ3n) is 2.62. The van der Waals surface area contributed by atoms with Gasteiger partial charge >= 0.3 is 0 Å². The van der Waals surface area contributed by atoms with E-state index >= 15 is 0 Å². The molecule has 4 heteroatoms. The van der Waals surface area contributed by atoms with Gasteiger partial charge in [-0.1, -0.05) is 6.92 Å². The lowest BCUT2D eigenvalue weighted by molar-refractivity contribution is -0.121. The Bertz CT molecular complexity index is 368. The number of methoxy groups -OCH3 is 2. The Labute approximate surface area is 108 Å². The first kappa shape index (κ1) is 14.4. The molecule has 0 aliphatic heterocycles. The smallest absolute Gasteiger partial charge is 0.220 e. The highest BCUT2D eigenvalue weighted by atomic mass is 16.5. The molecule has 0 aromatic heterocycles. The minimum Gasteiger partial charge on any atom is -0.497 e. The summed E-state index contributed by atoms with van der Waals surface area (Å²) in [4.78, 5) is 11.5. The van der Waals surface area contributed by atoms with Crippen LogP contribution in [0.4, 0.5) is 0 Å². The Balaban J connectivity index is 2.58. The van der Waals surface area contributed by atoms with Crippen LogP contribution in [0.15, 0.2) is 18.2 Å². The van der Waals surface area contributed by atoms with Crippen molar-refractivity contribution in [3.63, 3.8) is 0 Å². The number of hydrogen-bond donors (Lipinski definition) is 1. The molecule has 1 N–H and O–H groups in total. The summed E-state index contributed by atoms with van der Waals surface area (Å²) in [5.74, 6) is 1.58. The molecule has 1 rings (SSSR count). The fourth-order valence-corrected chi connectivity index (χ4v) is 1.62. The van der Waals surface area contributed by atoms with Gasteiger partial charge in [0.05, 0.1) is 14.2 Å². The summed E-state index contributed by atoms with van der Waals surface area (Å²) in [6, 6.07) is 5.67. The van der Waals surface area contributed by atoms with E-state index in [1.54, 1.807) is 14.2 Å². The van der Waals surface area contributed by atoms with Gasteiger partial charge in [-0.05, 0) is 30.5 Å². The Morgan fingerprint density at radius 1 is 1.17 bits per heavy atom. The van der Waals surface area contributed by atoms with Gasteiger partial charge in [0.1, 0.15) is 11.5 Å². The summed E-state index contributed by atoms with van der Waals surface area (Å²) in [7, 11) is 3.24. The van der Waals surface area contributed by atoms with Crippen LogP contribution < -0.4 is 14.8 Å². The van der Waals surface area contributed by atoms with Crippen molar-refractivity contribution in [2.24, 2.45) is 0 Å². The van der Waals surface area contributed by atoms with E-state index in [2.05, 4.69) is 5.32 Å². The zero-order valence-electron chi connectivity index (χ0n) is 11.3. The van der Waals surface area contributed by atoms with E-state index in [0.29, 0.717) is 12.8 Å². The SMILES string of the molecule is CCCNC(=O)CCc1cc(OC)cc(OC)c1. The normalized spacial score (nSPS) is 9.94. The molecular weight excluding hydrogens is 230 g/mol. The number of aryl methyl sites for hydroxylation is 1. The van der Waals surface area contributed by atoms with Crippen LogP contribution >= 0.6 is 0 Å². The van der Waals surface area contributed by atoms with Crippen molar-refractivity contribution < 1.29 is 14.3 Å². The summed E-state index contributed by atoms with van der Waals surface area (Å²) < 4.78 is 10.4. The van der Waals surface area contributed by atoms with Gasteiger partial charge in [-0.2, -0.15) is 0 Å². The minimum absolute atomic E-state index is 0.0821. The molecular formula is C14H21NO3. The molecule has 0 aliphatic rings. The van der Waals surface area contributed by atoms with E-state index in [1.165, 1.54) is 0 Å². The van der Waals surface area contributed by atoms with Crippen molar-refractivity contribution in [2.75, 3.05) is 20.8 Å². The molecule has 0 unspecified atom stereocenters. The Hall–Kier alpha value is -1.71. The van der Waals surface area contributed by atoms with Crippen LogP contribution in [0.3, 0.4) is 0 Å². The first-order valence-corrected chi connectivity index (χ1v) is 6.18. The molecule has 0 bridgehead atoms. The zero-order chi connectivity index (χ0) is 13.4. The molecule has 0 fully saturated rings. The van der Waals surface area contributed by atoms with E-state index < -0.39 is 0 Å². The molecule has 4 nitrogen and oxygen atoms in total. The summed E-state index contributed by atoms with van der Waals surface area (Å²) in [6.07, 6.45) is 2.12. The summed E-state index contributed by atoms with van der Waals surface area (Å²) in [6.45, 7) is 2.77. The largest absolute Gasteiger partial charge is 0.497 e. The predicted octanol–water partition coefficient (Wildman–Crippen LogP) is 2.16. The first-order valence-electron chi connectivity index (χ1n) is 6.18. The predicted molar refractivity (Wildman–Crippen MR) is 71.2 cm³/mol. The quantitative estimate of drug-likeness (QED) is 0.808. The number of rotatable bonds is 7. The van der Waals surface area contributed by atoms with Crippen molar-refractivity contribution in [3.8, 4) is 11.5 Å². The van der Waals surface area contributed by atoms with Crippen molar-refractivity contribution in [3.05, 3.63) is 23.8 Å². The van der Waals surface area contributed by atoms with Crippen molar-refractivity contribution in [2.45, 2.75) is 26.2 Å². The van der Waals surface area contributed by atoms with Gasteiger partial charge in [-0.25, -0.2) is 0 Å². The number of ether oxygens (including phenoxy) is 2. The number of nitrogens with one attached hydrogen (secondary N) is 1. The van der Waals surface area contributed by atoms with Gasteiger partial charge in [0.15, 0.2) is 0 Å². The second-order valence-electron chi connectivity index (χ2n) is 4.07. The Morgan fingerprint density at radius 2 is 1.78 bits per heavy atom. The maximum atomic E-state index is 11.5. The van der Waals surface area contributed by atoms with E-state index in [9.17, 15) is 4.79 Å². The fourth-order valence-electron chi connectivity index (χ4n) is 1.62. The van der Waals surface area contributed by atoms with Gasteiger partial charge in [0.2, 0.25) is 5.91 Å². The van der Waals surface area contributed by atoms with Crippen molar-refractivity contribution in [1.82, 2.24) is 5.32 Å². The second-order valence-corrected chi connectivity index (χ2v) is 4.07. The molecule has 18 heavy (non-hydrogen) atoms. The molecule has 0 heterocycles. The summed E-state index contributed by atoms with van der Waals surface area (Å²) in [5.41, 5.74) is 1.04. The van der Waals surface area contributed by atoms with Gasteiger partial charge in [0.25, 0.3) is 0 Å².